The molecule has 2 N–H and O–H groups in total. The highest BCUT2D eigenvalue weighted by Gasteiger charge is 2.16. The molecule has 0 aliphatic rings. The number of benzene rings is 1. The summed E-state index contributed by atoms with van der Waals surface area (Å²) in [5, 5.41) is 4.66. The average molecular weight is 264 g/mol. The number of anilines is 1. The molecule has 0 saturated heterocycles. The van der Waals surface area contributed by atoms with E-state index in [0.29, 0.717) is 5.82 Å². The SMILES string of the molecule is Cc1ncccc1-c1nn(-c2ccccc2)c(N)c1C. The summed E-state index contributed by atoms with van der Waals surface area (Å²) in [6, 6.07) is 13.8. The van der Waals surface area contributed by atoms with Crippen molar-refractivity contribution in [2.24, 2.45) is 0 Å². The Balaban J connectivity index is 2.19. The van der Waals surface area contributed by atoms with Gasteiger partial charge in [-0.05, 0) is 38.1 Å². The third-order valence-corrected chi connectivity index (χ3v) is 3.43. The average Bonchev–Trinajstić information content (AvgIpc) is 2.77. The lowest BCUT2D eigenvalue weighted by Crippen LogP contribution is -2.01. The molecule has 0 amide bonds. The molecule has 0 spiro atoms. The van der Waals surface area contributed by atoms with E-state index in [-0.39, 0.29) is 0 Å². The number of nitrogens with zero attached hydrogens (tertiary/aromatic N) is 3. The predicted octanol–water partition coefficient (Wildman–Crippen LogP) is 3.13. The molecule has 0 atom stereocenters. The molecule has 0 unspecified atom stereocenters. The van der Waals surface area contributed by atoms with Crippen LogP contribution < -0.4 is 5.73 Å². The lowest BCUT2D eigenvalue weighted by Gasteiger charge is -2.03. The van der Waals surface area contributed by atoms with E-state index in [9.17, 15) is 0 Å². The van der Waals surface area contributed by atoms with Crippen molar-refractivity contribution in [3.8, 4) is 16.9 Å². The number of nitrogens with two attached hydrogens (primary N) is 1. The van der Waals surface area contributed by atoms with Gasteiger partial charge in [0.05, 0.1) is 11.4 Å². The summed E-state index contributed by atoms with van der Waals surface area (Å²) in [4.78, 5) is 4.32. The van der Waals surface area contributed by atoms with E-state index in [0.717, 1.165) is 28.2 Å². The number of hydrogen-bond acceptors (Lipinski definition) is 3. The molecule has 0 fully saturated rings. The first kappa shape index (κ1) is 12.4. The minimum Gasteiger partial charge on any atom is -0.383 e. The molecule has 4 heteroatoms. The number of nitrogen functional groups attached to an aromatic ring is 1. The number of hydrogen-bond donors (Lipinski definition) is 1. The van der Waals surface area contributed by atoms with Gasteiger partial charge < -0.3 is 5.73 Å². The summed E-state index contributed by atoms with van der Waals surface area (Å²) in [5.74, 6) is 0.662. The van der Waals surface area contributed by atoms with Crippen molar-refractivity contribution in [2.75, 3.05) is 5.73 Å². The molecule has 20 heavy (non-hydrogen) atoms. The van der Waals surface area contributed by atoms with E-state index in [1.54, 1.807) is 10.9 Å². The first-order valence-electron chi connectivity index (χ1n) is 6.51. The smallest absolute Gasteiger partial charge is 0.130 e. The van der Waals surface area contributed by atoms with Gasteiger partial charge in [-0.1, -0.05) is 18.2 Å². The van der Waals surface area contributed by atoms with Crippen molar-refractivity contribution >= 4 is 5.82 Å². The van der Waals surface area contributed by atoms with Gasteiger partial charge >= 0.3 is 0 Å². The quantitative estimate of drug-likeness (QED) is 0.773. The van der Waals surface area contributed by atoms with Crippen LogP contribution in [0.5, 0.6) is 0 Å². The molecule has 100 valence electrons. The second kappa shape index (κ2) is 4.81. The topological polar surface area (TPSA) is 56.7 Å². The van der Waals surface area contributed by atoms with Gasteiger partial charge in [0.2, 0.25) is 0 Å². The van der Waals surface area contributed by atoms with Gasteiger partial charge in [-0.15, -0.1) is 0 Å². The molecule has 0 aliphatic carbocycles. The first-order valence-corrected chi connectivity index (χ1v) is 6.51. The van der Waals surface area contributed by atoms with Gasteiger partial charge in [0, 0.05) is 23.0 Å². The van der Waals surface area contributed by atoms with Crippen molar-refractivity contribution in [2.45, 2.75) is 13.8 Å². The molecule has 4 nitrogen and oxygen atoms in total. The van der Waals surface area contributed by atoms with Crippen LogP contribution in [0.4, 0.5) is 5.82 Å². The fourth-order valence-electron chi connectivity index (χ4n) is 2.27. The van der Waals surface area contributed by atoms with Crippen LogP contribution in [0.1, 0.15) is 11.3 Å². The highest BCUT2D eigenvalue weighted by Crippen LogP contribution is 2.29. The highest BCUT2D eigenvalue weighted by molar-refractivity contribution is 5.70. The van der Waals surface area contributed by atoms with Gasteiger partial charge in [-0.25, -0.2) is 4.68 Å². The molecular weight excluding hydrogens is 248 g/mol. The highest BCUT2D eigenvalue weighted by atomic mass is 15.3. The van der Waals surface area contributed by atoms with Crippen LogP contribution in [-0.2, 0) is 0 Å². The Bertz CT molecular complexity index is 744. The Kier molecular flexibility index (Phi) is 2.99. The molecule has 2 heterocycles. The van der Waals surface area contributed by atoms with Crippen LogP contribution in [0.2, 0.25) is 0 Å². The largest absolute Gasteiger partial charge is 0.383 e. The fourth-order valence-corrected chi connectivity index (χ4v) is 2.27. The van der Waals surface area contributed by atoms with Crippen molar-refractivity contribution < 1.29 is 0 Å². The lowest BCUT2D eigenvalue weighted by molar-refractivity contribution is 0.894. The monoisotopic (exact) mass is 264 g/mol. The van der Waals surface area contributed by atoms with E-state index in [4.69, 9.17) is 5.73 Å². The summed E-state index contributed by atoms with van der Waals surface area (Å²) >= 11 is 0. The zero-order chi connectivity index (χ0) is 14.1. The Hall–Kier alpha value is -2.62. The summed E-state index contributed by atoms with van der Waals surface area (Å²) in [7, 11) is 0. The number of rotatable bonds is 2. The molecule has 1 aromatic carbocycles. The maximum Gasteiger partial charge on any atom is 0.130 e. The van der Waals surface area contributed by atoms with E-state index >= 15 is 0 Å². The van der Waals surface area contributed by atoms with Gasteiger partial charge in [0.1, 0.15) is 5.82 Å². The second-order valence-electron chi connectivity index (χ2n) is 4.74. The normalized spacial score (nSPS) is 10.7. The number of para-hydroxylation sites is 1. The maximum atomic E-state index is 6.20. The molecule has 3 rings (SSSR count). The van der Waals surface area contributed by atoms with Gasteiger partial charge in [-0.3, -0.25) is 4.98 Å². The van der Waals surface area contributed by atoms with E-state index in [1.165, 1.54) is 0 Å². The van der Waals surface area contributed by atoms with Crippen LogP contribution in [0, 0.1) is 13.8 Å². The predicted molar refractivity (Wildman–Crippen MR) is 80.7 cm³/mol. The van der Waals surface area contributed by atoms with Gasteiger partial charge in [0.15, 0.2) is 0 Å². The minimum absolute atomic E-state index is 0.662. The number of aryl methyl sites for hydroxylation is 1. The van der Waals surface area contributed by atoms with Crippen molar-refractivity contribution in [3.05, 3.63) is 59.9 Å². The Morgan fingerprint density at radius 2 is 1.75 bits per heavy atom. The van der Waals surface area contributed by atoms with Crippen LogP contribution in [-0.4, -0.2) is 14.8 Å². The Morgan fingerprint density at radius 3 is 2.45 bits per heavy atom. The third kappa shape index (κ3) is 1.95. The van der Waals surface area contributed by atoms with Gasteiger partial charge in [0.25, 0.3) is 0 Å². The second-order valence-corrected chi connectivity index (χ2v) is 4.74. The van der Waals surface area contributed by atoms with Crippen molar-refractivity contribution in [3.63, 3.8) is 0 Å². The molecule has 0 saturated carbocycles. The zero-order valence-electron chi connectivity index (χ0n) is 11.5. The molecule has 0 bridgehead atoms. The molecule has 2 aromatic heterocycles. The number of aromatic nitrogens is 3. The summed E-state index contributed by atoms with van der Waals surface area (Å²) < 4.78 is 1.77. The summed E-state index contributed by atoms with van der Waals surface area (Å²) in [6.07, 6.45) is 1.78. The fraction of sp³-hybridized carbons (Fsp3) is 0.125. The molecule has 0 radical (unpaired) electrons. The van der Waals surface area contributed by atoms with E-state index < -0.39 is 0 Å². The van der Waals surface area contributed by atoms with Crippen molar-refractivity contribution in [1.82, 2.24) is 14.8 Å². The third-order valence-electron chi connectivity index (χ3n) is 3.43. The molecular formula is C16H16N4. The molecule has 0 aliphatic heterocycles. The van der Waals surface area contributed by atoms with Crippen LogP contribution in [0.25, 0.3) is 16.9 Å². The summed E-state index contributed by atoms with van der Waals surface area (Å²) in [5.41, 5.74) is 11.0. The Morgan fingerprint density at radius 1 is 1.00 bits per heavy atom. The number of pyridine rings is 1. The molecule has 3 aromatic rings. The van der Waals surface area contributed by atoms with Crippen LogP contribution in [0.3, 0.4) is 0 Å². The zero-order valence-corrected chi connectivity index (χ0v) is 11.5. The standard InChI is InChI=1S/C16H16N4/c1-11-15(14-9-6-10-18-12(14)2)19-20(16(11)17)13-7-4-3-5-8-13/h3-10H,17H2,1-2H3. The first-order chi connectivity index (χ1) is 9.68. The van der Waals surface area contributed by atoms with Gasteiger partial charge in [-0.2, -0.15) is 5.10 Å². The summed E-state index contributed by atoms with van der Waals surface area (Å²) in [6.45, 7) is 3.97. The van der Waals surface area contributed by atoms with Crippen LogP contribution in [0.15, 0.2) is 48.7 Å². The maximum absolute atomic E-state index is 6.20. The minimum atomic E-state index is 0.662. The Labute approximate surface area is 117 Å². The van der Waals surface area contributed by atoms with Crippen LogP contribution >= 0.6 is 0 Å². The van der Waals surface area contributed by atoms with E-state index in [2.05, 4.69) is 10.1 Å². The van der Waals surface area contributed by atoms with E-state index in [1.807, 2.05) is 56.3 Å². The van der Waals surface area contributed by atoms with Crippen molar-refractivity contribution in [1.29, 1.82) is 0 Å². The lowest BCUT2D eigenvalue weighted by atomic mass is 10.1.